The van der Waals surface area contributed by atoms with Crippen molar-refractivity contribution in [3.05, 3.63) is 65.9 Å². The fraction of sp³-hybridized carbons (Fsp3) is 0.375. The highest BCUT2D eigenvalue weighted by Crippen LogP contribution is 2.30. The number of benzene rings is 2. The summed E-state index contributed by atoms with van der Waals surface area (Å²) in [5.41, 5.74) is 4.89. The molecule has 1 aliphatic rings. The molecule has 152 valence electrons. The molecule has 4 rings (SSSR count). The summed E-state index contributed by atoms with van der Waals surface area (Å²) < 4.78 is 0. The summed E-state index contributed by atoms with van der Waals surface area (Å²) in [6, 6.07) is 17.5. The van der Waals surface area contributed by atoms with Crippen LogP contribution in [-0.4, -0.2) is 43.6 Å². The monoisotopic (exact) mass is 391 g/mol. The second-order valence-corrected chi connectivity index (χ2v) is 8.37. The number of para-hydroxylation sites is 1. The van der Waals surface area contributed by atoms with Gasteiger partial charge in [0.25, 0.3) is 5.91 Å². The SMILES string of the molecule is C[C@@H]([NH2+]C[C@@H](c1ccc(N(C)C)cc1)c1c[nH]c2ccccc12)C(=O)NC1CC1. The van der Waals surface area contributed by atoms with Crippen LogP contribution in [-0.2, 0) is 4.79 Å². The summed E-state index contributed by atoms with van der Waals surface area (Å²) in [4.78, 5) is 17.9. The average Bonchev–Trinajstić information content (AvgIpc) is 3.45. The van der Waals surface area contributed by atoms with Crippen LogP contribution >= 0.6 is 0 Å². The first kappa shape index (κ1) is 19.5. The molecule has 0 aliphatic heterocycles. The molecule has 0 bridgehead atoms. The van der Waals surface area contributed by atoms with E-state index >= 15 is 0 Å². The molecule has 3 aromatic rings. The number of nitrogens with one attached hydrogen (secondary N) is 2. The van der Waals surface area contributed by atoms with Crippen LogP contribution in [0.4, 0.5) is 5.69 Å². The number of aromatic nitrogens is 1. The van der Waals surface area contributed by atoms with Crippen molar-refractivity contribution in [2.75, 3.05) is 25.5 Å². The standard InChI is InChI=1S/C24H30N4O/c1-16(24(29)27-18-10-11-18)25-14-21(17-8-12-19(13-9-17)28(2)3)22-15-26-23-7-5-4-6-20(22)23/h4-9,12-13,15-16,18,21,25-26H,10-11,14H2,1-3H3,(H,27,29)/p+1/t16-,21+/m1/s1. The predicted molar refractivity (Wildman–Crippen MR) is 118 cm³/mol. The number of rotatable bonds is 8. The Morgan fingerprint density at radius 1 is 1.17 bits per heavy atom. The van der Waals surface area contributed by atoms with E-state index < -0.39 is 0 Å². The van der Waals surface area contributed by atoms with Crippen molar-refractivity contribution in [3.8, 4) is 0 Å². The highest BCUT2D eigenvalue weighted by Gasteiger charge is 2.28. The number of hydrogen-bond acceptors (Lipinski definition) is 2. The van der Waals surface area contributed by atoms with Crippen LogP contribution in [0, 0.1) is 0 Å². The smallest absolute Gasteiger partial charge is 0.278 e. The van der Waals surface area contributed by atoms with E-state index in [2.05, 4.69) is 89.3 Å². The third-order valence-corrected chi connectivity index (χ3v) is 5.87. The fourth-order valence-corrected chi connectivity index (χ4v) is 3.84. The maximum absolute atomic E-state index is 12.4. The number of carbonyl (C=O) groups excluding carboxylic acids is 1. The molecule has 5 nitrogen and oxygen atoms in total. The summed E-state index contributed by atoms with van der Waals surface area (Å²) in [5, 5.41) is 6.54. The number of anilines is 1. The molecule has 1 amide bonds. The molecule has 2 aromatic carbocycles. The number of hydrogen-bond donors (Lipinski definition) is 3. The van der Waals surface area contributed by atoms with Crippen molar-refractivity contribution < 1.29 is 10.1 Å². The Kier molecular flexibility index (Phi) is 5.58. The van der Waals surface area contributed by atoms with Gasteiger partial charge in [-0.05, 0) is 49.1 Å². The molecule has 0 saturated heterocycles. The summed E-state index contributed by atoms with van der Waals surface area (Å²) in [5.74, 6) is 0.353. The van der Waals surface area contributed by atoms with Crippen molar-refractivity contribution in [2.24, 2.45) is 0 Å². The quantitative estimate of drug-likeness (QED) is 0.553. The third-order valence-electron chi connectivity index (χ3n) is 5.87. The first-order chi connectivity index (χ1) is 14.0. The Morgan fingerprint density at radius 2 is 1.90 bits per heavy atom. The van der Waals surface area contributed by atoms with Gasteiger partial charge in [-0.1, -0.05) is 30.3 Å². The van der Waals surface area contributed by atoms with Crippen LogP contribution in [0.5, 0.6) is 0 Å². The van der Waals surface area contributed by atoms with E-state index in [-0.39, 0.29) is 17.9 Å². The number of carbonyl (C=O) groups is 1. The van der Waals surface area contributed by atoms with Crippen molar-refractivity contribution in [1.29, 1.82) is 0 Å². The minimum absolute atomic E-state index is 0.0932. The van der Waals surface area contributed by atoms with E-state index in [4.69, 9.17) is 0 Å². The van der Waals surface area contributed by atoms with Crippen LogP contribution < -0.4 is 15.5 Å². The molecule has 29 heavy (non-hydrogen) atoms. The largest absolute Gasteiger partial charge is 0.378 e. The Labute approximate surface area is 172 Å². The zero-order valence-electron chi connectivity index (χ0n) is 17.5. The zero-order chi connectivity index (χ0) is 20.4. The normalized spacial score (nSPS) is 15.8. The van der Waals surface area contributed by atoms with Gasteiger partial charge in [-0.15, -0.1) is 0 Å². The van der Waals surface area contributed by atoms with Crippen molar-refractivity contribution >= 4 is 22.5 Å². The van der Waals surface area contributed by atoms with Crippen molar-refractivity contribution in [3.63, 3.8) is 0 Å². The van der Waals surface area contributed by atoms with E-state index in [9.17, 15) is 4.79 Å². The summed E-state index contributed by atoms with van der Waals surface area (Å²) in [6.45, 7) is 2.82. The number of aromatic amines is 1. The molecular formula is C24H31N4O+. The van der Waals surface area contributed by atoms with Crippen molar-refractivity contribution in [1.82, 2.24) is 10.3 Å². The second-order valence-electron chi connectivity index (χ2n) is 8.37. The van der Waals surface area contributed by atoms with Gasteiger partial charge < -0.3 is 20.5 Å². The van der Waals surface area contributed by atoms with E-state index in [1.807, 2.05) is 6.92 Å². The van der Waals surface area contributed by atoms with Crippen molar-refractivity contribution in [2.45, 2.75) is 37.8 Å². The Morgan fingerprint density at radius 3 is 2.59 bits per heavy atom. The highest BCUT2D eigenvalue weighted by molar-refractivity contribution is 5.84. The summed E-state index contributed by atoms with van der Waals surface area (Å²) in [6.07, 6.45) is 4.36. The fourth-order valence-electron chi connectivity index (χ4n) is 3.84. The Hall–Kier alpha value is -2.79. The van der Waals surface area contributed by atoms with Gasteiger partial charge in [0.15, 0.2) is 6.04 Å². The summed E-state index contributed by atoms with van der Waals surface area (Å²) >= 11 is 0. The van der Waals surface area contributed by atoms with Gasteiger partial charge in [0.2, 0.25) is 0 Å². The van der Waals surface area contributed by atoms with E-state index in [1.165, 1.54) is 22.2 Å². The van der Waals surface area contributed by atoms with Gasteiger partial charge in [-0.3, -0.25) is 4.79 Å². The van der Waals surface area contributed by atoms with Gasteiger partial charge >= 0.3 is 0 Å². The lowest BCUT2D eigenvalue weighted by Gasteiger charge is -2.20. The maximum Gasteiger partial charge on any atom is 0.278 e. The number of H-pyrrole nitrogens is 1. The number of quaternary nitrogens is 1. The van der Waals surface area contributed by atoms with Gasteiger partial charge in [-0.25, -0.2) is 0 Å². The first-order valence-electron chi connectivity index (χ1n) is 10.5. The highest BCUT2D eigenvalue weighted by atomic mass is 16.2. The molecular weight excluding hydrogens is 360 g/mol. The molecule has 1 aromatic heterocycles. The van der Waals surface area contributed by atoms with Crippen LogP contribution in [0.1, 0.15) is 36.8 Å². The van der Waals surface area contributed by atoms with Crippen LogP contribution in [0.2, 0.25) is 0 Å². The predicted octanol–water partition coefficient (Wildman–Crippen LogP) is 2.60. The lowest BCUT2D eigenvalue weighted by Crippen LogP contribution is -2.92. The molecule has 0 spiro atoms. The topological polar surface area (TPSA) is 64.7 Å². The van der Waals surface area contributed by atoms with Crippen LogP contribution in [0.3, 0.4) is 0 Å². The number of fused-ring (bicyclic) bond motifs is 1. The average molecular weight is 392 g/mol. The van der Waals surface area contributed by atoms with Crippen LogP contribution in [0.25, 0.3) is 10.9 Å². The van der Waals surface area contributed by atoms with Gasteiger partial charge in [0, 0.05) is 42.9 Å². The van der Waals surface area contributed by atoms with E-state index in [1.54, 1.807) is 0 Å². The molecule has 2 atom stereocenters. The molecule has 1 fully saturated rings. The second kappa shape index (κ2) is 8.29. The maximum atomic E-state index is 12.4. The van der Waals surface area contributed by atoms with E-state index in [0.29, 0.717) is 6.04 Å². The number of nitrogens with two attached hydrogens (primary N) is 1. The number of amides is 1. The minimum Gasteiger partial charge on any atom is -0.378 e. The molecule has 4 N–H and O–H groups in total. The molecule has 0 radical (unpaired) electrons. The summed E-state index contributed by atoms with van der Waals surface area (Å²) in [7, 11) is 4.11. The van der Waals surface area contributed by atoms with E-state index in [0.717, 1.165) is 24.9 Å². The molecule has 5 heteroatoms. The lowest BCUT2D eigenvalue weighted by molar-refractivity contribution is -0.674. The Balaban J connectivity index is 1.59. The first-order valence-corrected chi connectivity index (χ1v) is 10.5. The zero-order valence-corrected chi connectivity index (χ0v) is 17.5. The molecule has 1 aliphatic carbocycles. The molecule has 1 saturated carbocycles. The van der Waals surface area contributed by atoms with Gasteiger partial charge in [-0.2, -0.15) is 0 Å². The number of nitrogens with zero attached hydrogens (tertiary/aromatic N) is 1. The lowest BCUT2D eigenvalue weighted by atomic mass is 9.90. The van der Waals surface area contributed by atoms with Crippen LogP contribution in [0.15, 0.2) is 54.7 Å². The third kappa shape index (κ3) is 4.46. The molecule has 1 heterocycles. The Bertz CT molecular complexity index is 972. The molecule has 0 unspecified atom stereocenters. The van der Waals surface area contributed by atoms with Gasteiger partial charge in [0.1, 0.15) is 0 Å². The minimum atomic E-state index is -0.0932. The van der Waals surface area contributed by atoms with Gasteiger partial charge in [0.05, 0.1) is 12.5 Å².